The molecule has 1 atom stereocenters. The number of methoxy groups -OCH3 is 1. The highest BCUT2D eigenvalue weighted by Gasteiger charge is 2.19. The third-order valence-corrected chi connectivity index (χ3v) is 6.75. The normalized spacial score (nSPS) is 11.1. The maximum absolute atomic E-state index is 12.5. The molecule has 3 rings (SSSR count). The fourth-order valence-corrected chi connectivity index (χ4v) is 4.22. The highest BCUT2D eigenvalue weighted by molar-refractivity contribution is 7.13. The van der Waals surface area contributed by atoms with Crippen LogP contribution in [0, 0.1) is 0 Å². The van der Waals surface area contributed by atoms with Gasteiger partial charge in [0, 0.05) is 24.0 Å². The van der Waals surface area contributed by atoms with Crippen LogP contribution in [0.25, 0.3) is 10.6 Å². The molecule has 1 unspecified atom stereocenters. The van der Waals surface area contributed by atoms with Crippen molar-refractivity contribution in [3.63, 3.8) is 0 Å². The van der Waals surface area contributed by atoms with Gasteiger partial charge in [-0.3, -0.25) is 9.59 Å². The van der Waals surface area contributed by atoms with Crippen LogP contribution in [0.1, 0.15) is 28.5 Å². The third-order valence-electron chi connectivity index (χ3n) is 5.86. The first-order valence-corrected chi connectivity index (χ1v) is 13.0. The topological polar surface area (TPSA) is 127 Å². The van der Waals surface area contributed by atoms with Gasteiger partial charge in [-0.1, -0.05) is 67.8 Å². The quantitative estimate of drug-likeness (QED) is 0.267. The summed E-state index contributed by atoms with van der Waals surface area (Å²) in [4.78, 5) is 54.4. The molecular weight excluding hydrogens is 532 g/mol. The van der Waals surface area contributed by atoms with E-state index < -0.39 is 23.9 Å². The van der Waals surface area contributed by atoms with E-state index in [2.05, 4.69) is 33.5 Å². The standard InChI is InChI=1S/C29H30N4O6S/c1-18(15-21-9-7-6-8-10-21)33(4)29(37)39-16-22-11-13-23(14-12-22)27-32-24(17-40-27)26(35)30-19(2)25(34)31-20(3)28(36)38-5/h6-14,17-18H,2-3,15-16H2,1,4-5H3,(H,30,35)(H,31,34). The van der Waals surface area contributed by atoms with Crippen molar-refractivity contribution in [1.29, 1.82) is 0 Å². The Kier molecular flexibility index (Phi) is 10.3. The first-order chi connectivity index (χ1) is 19.1. The molecule has 0 spiro atoms. The predicted octanol–water partition coefficient (Wildman–Crippen LogP) is 4.06. The number of aromatic nitrogens is 1. The van der Waals surface area contributed by atoms with Crippen LogP contribution < -0.4 is 10.6 Å². The third kappa shape index (κ3) is 8.11. The second-order valence-corrected chi connectivity index (χ2v) is 9.65. The van der Waals surface area contributed by atoms with E-state index in [1.54, 1.807) is 17.3 Å². The smallest absolute Gasteiger partial charge is 0.410 e. The first kappa shape index (κ1) is 29.8. The van der Waals surface area contributed by atoms with Crippen LogP contribution in [0.15, 0.2) is 84.5 Å². The molecule has 1 heterocycles. The number of nitrogens with zero attached hydrogens (tertiary/aromatic N) is 2. The molecule has 0 saturated carbocycles. The van der Waals surface area contributed by atoms with Crippen LogP contribution >= 0.6 is 11.3 Å². The molecule has 208 valence electrons. The minimum Gasteiger partial charge on any atom is -0.464 e. The molecule has 0 fully saturated rings. The van der Waals surface area contributed by atoms with E-state index in [0.29, 0.717) is 5.01 Å². The number of nitrogens with one attached hydrogen (secondary N) is 2. The summed E-state index contributed by atoms with van der Waals surface area (Å²) in [5.41, 5.74) is 2.22. The molecule has 3 amide bonds. The Morgan fingerprint density at radius 3 is 2.30 bits per heavy atom. The first-order valence-electron chi connectivity index (χ1n) is 12.2. The minimum absolute atomic E-state index is 0.0283. The molecule has 3 aromatic rings. The molecule has 0 bridgehead atoms. The van der Waals surface area contributed by atoms with Gasteiger partial charge in [0.05, 0.1) is 12.8 Å². The van der Waals surface area contributed by atoms with Gasteiger partial charge in [-0.25, -0.2) is 14.6 Å². The molecule has 0 saturated heterocycles. The summed E-state index contributed by atoms with van der Waals surface area (Å²) in [6.07, 6.45) is 0.314. The monoisotopic (exact) mass is 562 g/mol. The van der Waals surface area contributed by atoms with E-state index in [1.165, 1.54) is 11.3 Å². The second-order valence-electron chi connectivity index (χ2n) is 8.80. The van der Waals surface area contributed by atoms with Crippen molar-refractivity contribution in [2.45, 2.75) is 26.0 Å². The molecule has 1 aromatic heterocycles. The number of carbonyl (C=O) groups excluding carboxylic acids is 4. The molecular formula is C29H30N4O6S. The molecule has 0 aliphatic carbocycles. The summed E-state index contributed by atoms with van der Waals surface area (Å²) < 4.78 is 9.93. The summed E-state index contributed by atoms with van der Waals surface area (Å²) in [5.74, 6) is -2.27. The molecule has 2 N–H and O–H groups in total. The lowest BCUT2D eigenvalue weighted by atomic mass is 10.1. The van der Waals surface area contributed by atoms with Crippen molar-refractivity contribution < 1.29 is 28.7 Å². The lowest BCUT2D eigenvalue weighted by Crippen LogP contribution is -2.36. The molecule has 0 aliphatic heterocycles. The number of amides is 3. The van der Waals surface area contributed by atoms with E-state index in [9.17, 15) is 19.2 Å². The van der Waals surface area contributed by atoms with Gasteiger partial charge in [-0.2, -0.15) is 0 Å². The number of esters is 1. The second kappa shape index (κ2) is 13.9. The maximum Gasteiger partial charge on any atom is 0.410 e. The highest BCUT2D eigenvalue weighted by Crippen LogP contribution is 2.24. The molecule has 0 aliphatic rings. The van der Waals surface area contributed by atoms with Crippen LogP contribution in [0.2, 0.25) is 0 Å². The largest absolute Gasteiger partial charge is 0.464 e. The van der Waals surface area contributed by atoms with Crippen molar-refractivity contribution in [3.05, 3.63) is 101 Å². The van der Waals surface area contributed by atoms with Gasteiger partial charge in [0.25, 0.3) is 11.8 Å². The molecule has 2 aromatic carbocycles. The average Bonchev–Trinajstić information content (AvgIpc) is 3.46. The van der Waals surface area contributed by atoms with Crippen LogP contribution in [0.3, 0.4) is 0 Å². The van der Waals surface area contributed by atoms with Crippen LogP contribution in [0.5, 0.6) is 0 Å². The van der Waals surface area contributed by atoms with Gasteiger partial charge in [0.1, 0.15) is 23.0 Å². The van der Waals surface area contributed by atoms with Crippen LogP contribution in [0.4, 0.5) is 4.79 Å². The molecule has 0 radical (unpaired) electrons. The zero-order chi connectivity index (χ0) is 29.2. The Morgan fingerprint density at radius 2 is 1.65 bits per heavy atom. The van der Waals surface area contributed by atoms with Crippen molar-refractivity contribution in [3.8, 4) is 10.6 Å². The zero-order valence-electron chi connectivity index (χ0n) is 22.4. The van der Waals surface area contributed by atoms with Gasteiger partial charge in [-0.05, 0) is 24.5 Å². The van der Waals surface area contributed by atoms with Crippen molar-refractivity contribution in [2.75, 3.05) is 14.2 Å². The molecule has 10 nitrogen and oxygen atoms in total. The number of thiazole rings is 1. The van der Waals surface area contributed by atoms with E-state index in [4.69, 9.17) is 4.74 Å². The van der Waals surface area contributed by atoms with Crippen LogP contribution in [-0.2, 0) is 32.1 Å². The van der Waals surface area contributed by atoms with E-state index >= 15 is 0 Å². The van der Waals surface area contributed by atoms with Crippen molar-refractivity contribution in [2.24, 2.45) is 0 Å². The maximum atomic E-state index is 12.5. The van der Waals surface area contributed by atoms with Gasteiger partial charge in [-0.15, -0.1) is 11.3 Å². The number of benzene rings is 2. The Balaban J connectivity index is 1.51. The summed E-state index contributed by atoms with van der Waals surface area (Å²) in [6, 6.07) is 17.2. The van der Waals surface area contributed by atoms with Gasteiger partial charge in [0.15, 0.2) is 0 Å². The summed E-state index contributed by atoms with van der Waals surface area (Å²) >= 11 is 1.25. The fraction of sp³-hybridized carbons (Fsp3) is 0.207. The minimum atomic E-state index is -0.818. The Morgan fingerprint density at radius 1 is 0.975 bits per heavy atom. The number of hydrogen-bond donors (Lipinski definition) is 2. The van der Waals surface area contributed by atoms with E-state index in [-0.39, 0.29) is 29.7 Å². The van der Waals surface area contributed by atoms with Crippen LogP contribution in [-0.4, -0.2) is 54.0 Å². The number of likely N-dealkylation sites (N-methyl/N-ethyl adjacent to an activating group) is 1. The summed E-state index contributed by atoms with van der Waals surface area (Å²) in [6.45, 7) is 8.96. The number of hydrogen-bond acceptors (Lipinski definition) is 8. The van der Waals surface area contributed by atoms with Crippen molar-refractivity contribution in [1.82, 2.24) is 20.5 Å². The average molecular weight is 563 g/mol. The fourth-order valence-electron chi connectivity index (χ4n) is 3.42. The van der Waals surface area contributed by atoms with Gasteiger partial charge < -0.3 is 25.0 Å². The molecule has 40 heavy (non-hydrogen) atoms. The predicted molar refractivity (Wildman–Crippen MR) is 151 cm³/mol. The Hall–Kier alpha value is -4.77. The molecule has 11 heteroatoms. The lowest BCUT2D eigenvalue weighted by molar-refractivity contribution is -0.137. The highest BCUT2D eigenvalue weighted by atomic mass is 32.1. The Labute approximate surface area is 236 Å². The summed E-state index contributed by atoms with van der Waals surface area (Å²) in [5, 5.41) is 6.66. The van der Waals surface area contributed by atoms with E-state index in [1.807, 2.05) is 61.5 Å². The van der Waals surface area contributed by atoms with Gasteiger partial charge in [0.2, 0.25) is 0 Å². The van der Waals surface area contributed by atoms with E-state index in [0.717, 1.165) is 30.2 Å². The number of ether oxygens (including phenoxy) is 2. The SMILES string of the molecule is C=C(NC(=O)c1csc(-c2ccc(COC(=O)N(C)C(C)Cc3ccccc3)cc2)n1)C(=O)NC(=C)C(=O)OC. The summed E-state index contributed by atoms with van der Waals surface area (Å²) in [7, 11) is 2.86. The number of carbonyl (C=O) groups is 4. The lowest BCUT2D eigenvalue weighted by Gasteiger charge is -2.24. The van der Waals surface area contributed by atoms with Gasteiger partial charge >= 0.3 is 12.1 Å². The zero-order valence-corrected chi connectivity index (χ0v) is 23.2. The Bertz CT molecular complexity index is 1400. The van der Waals surface area contributed by atoms with Crippen molar-refractivity contribution >= 4 is 35.2 Å². The number of rotatable bonds is 11.